The second kappa shape index (κ2) is 7.96. The molecule has 1 spiro atoms. The summed E-state index contributed by atoms with van der Waals surface area (Å²) >= 11 is 0. The van der Waals surface area contributed by atoms with Crippen molar-refractivity contribution >= 4 is 40.6 Å². The number of para-hydroxylation sites is 1. The quantitative estimate of drug-likeness (QED) is 0.326. The monoisotopic (exact) mass is 493 g/mol. The van der Waals surface area contributed by atoms with Gasteiger partial charge in [-0.2, -0.15) is 0 Å². The summed E-state index contributed by atoms with van der Waals surface area (Å²) in [5, 5.41) is 14.4. The van der Waals surface area contributed by atoms with Gasteiger partial charge in [-0.25, -0.2) is 0 Å². The van der Waals surface area contributed by atoms with E-state index in [0.717, 1.165) is 16.8 Å². The maximum atomic E-state index is 14.4. The van der Waals surface area contributed by atoms with Gasteiger partial charge in [0, 0.05) is 29.1 Å². The Balaban J connectivity index is 1.64. The van der Waals surface area contributed by atoms with Crippen LogP contribution in [0.3, 0.4) is 0 Å². The van der Waals surface area contributed by atoms with E-state index in [1.807, 2.05) is 54.3 Å². The van der Waals surface area contributed by atoms with Crippen LogP contribution < -0.4 is 10.2 Å². The first-order valence-corrected chi connectivity index (χ1v) is 12.0. The third-order valence-electron chi connectivity index (χ3n) is 7.83. The number of nitro groups is 1. The number of nitrogens with zero attached hydrogens (tertiary/aromatic N) is 2. The fourth-order valence-electron chi connectivity index (χ4n) is 6.40. The number of ketones is 2. The van der Waals surface area contributed by atoms with Crippen LogP contribution in [0.15, 0.2) is 72.8 Å². The van der Waals surface area contributed by atoms with Gasteiger partial charge in [0.25, 0.3) is 5.69 Å². The lowest BCUT2D eigenvalue weighted by molar-refractivity contribution is -0.384. The summed E-state index contributed by atoms with van der Waals surface area (Å²) in [5.41, 5.74) is 2.40. The second-order valence-corrected chi connectivity index (χ2v) is 9.85. The third-order valence-corrected chi connectivity index (χ3v) is 7.83. The molecule has 0 radical (unpaired) electrons. The summed E-state index contributed by atoms with van der Waals surface area (Å²) in [5.74, 6) is -2.22. The van der Waals surface area contributed by atoms with E-state index in [1.165, 1.54) is 31.2 Å². The van der Waals surface area contributed by atoms with Crippen LogP contribution in [0.1, 0.15) is 34.0 Å². The molecule has 184 valence electrons. The minimum atomic E-state index is -1.41. The van der Waals surface area contributed by atoms with Crippen molar-refractivity contribution in [3.05, 3.63) is 105 Å². The van der Waals surface area contributed by atoms with Crippen molar-refractivity contribution in [3.63, 3.8) is 0 Å². The molecule has 6 rings (SSSR count). The van der Waals surface area contributed by atoms with Gasteiger partial charge in [-0.1, -0.05) is 54.1 Å². The highest BCUT2D eigenvalue weighted by Crippen LogP contribution is 2.57. The van der Waals surface area contributed by atoms with Crippen molar-refractivity contribution in [1.29, 1.82) is 0 Å². The number of rotatable bonds is 4. The third kappa shape index (κ3) is 3.05. The van der Waals surface area contributed by atoms with Crippen LogP contribution in [-0.2, 0) is 15.0 Å². The highest BCUT2D eigenvalue weighted by molar-refractivity contribution is 6.16. The van der Waals surface area contributed by atoms with E-state index in [9.17, 15) is 24.5 Å². The number of non-ortho nitro benzene ring substituents is 1. The van der Waals surface area contributed by atoms with Crippen LogP contribution in [0.2, 0.25) is 0 Å². The minimum Gasteiger partial charge on any atom is -0.352 e. The molecule has 3 aromatic rings. The number of aryl methyl sites for hydroxylation is 1. The van der Waals surface area contributed by atoms with E-state index in [1.54, 1.807) is 12.1 Å². The molecule has 3 aliphatic heterocycles. The number of Topliss-reactive ketones (excluding diaryl/α,β-unsaturated/α-hetero) is 2. The van der Waals surface area contributed by atoms with Crippen LogP contribution in [0, 0.1) is 23.0 Å². The molecular formula is C29H23N3O5. The van der Waals surface area contributed by atoms with Crippen molar-refractivity contribution in [2.24, 2.45) is 5.92 Å². The maximum absolute atomic E-state index is 14.4. The molecule has 0 saturated carbocycles. The standard InChI is InChI=1S/C29H23N3O5/c1-16-10-12-23-18(14-16)11-13-24-29(21-8-3-4-9-22(21)30-28(29)35)25(26(17(2)33)31(23)24)27(34)19-6-5-7-20(15-19)32(36)37/h3-15,24-26H,1-2H3,(H,30,35)/t24-,25-,26-,29+/m1/s1. The fourth-order valence-corrected chi connectivity index (χ4v) is 6.40. The molecule has 3 aliphatic rings. The summed E-state index contributed by atoms with van der Waals surface area (Å²) in [6, 6.07) is 17.0. The van der Waals surface area contributed by atoms with Gasteiger partial charge >= 0.3 is 0 Å². The predicted molar refractivity (Wildman–Crippen MR) is 139 cm³/mol. The molecule has 0 aromatic heterocycles. The molecule has 0 aliphatic carbocycles. The lowest BCUT2D eigenvalue weighted by Crippen LogP contribution is -2.51. The van der Waals surface area contributed by atoms with Crippen LogP contribution in [0.25, 0.3) is 6.08 Å². The van der Waals surface area contributed by atoms with Crippen molar-refractivity contribution < 1.29 is 19.3 Å². The Morgan fingerprint density at radius 3 is 2.59 bits per heavy atom. The van der Waals surface area contributed by atoms with E-state index in [0.29, 0.717) is 11.3 Å². The van der Waals surface area contributed by atoms with Crippen molar-refractivity contribution in [1.82, 2.24) is 0 Å². The molecule has 1 saturated heterocycles. The Kier molecular flexibility index (Phi) is 4.91. The summed E-state index contributed by atoms with van der Waals surface area (Å²) in [6.45, 7) is 3.41. The molecule has 0 unspecified atom stereocenters. The number of benzene rings is 3. The minimum absolute atomic E-state index is 0.0926. The number of hydrogen-bond donors (Lipinski definition) is 1. The van der Waals surface area contributed by atoms with E-state index < -0.39 is 34.1 Å². The number of nitrogens with one attached hydrogen (secondary N) is 1. The average molecular weight is 494 g/mol. The molecule has 3 aromatic carbocycles. The van der Waals surface area contributed by atoms with Gasteiger partial charge in [0.05, 0.1) is 22.9 Å². The van der Waals surface area contributed by atoms with Gasteiger partial charge in [-0.15, -0.1) is 0 Å². The topological polar surface area (TPSA) is 110 Å². The zero-order valence-electron chi connectivity index (χ0n) is 20.2. The predicted octanol–water partition coefficient (Wildman–Crippen LogP) is 4.47. The number of hydrogen-bond acceptors (Lipinski definition) is 6. The van der Waals surface area contributed by atoms with Crippen molar-refractivity contribution in [2.75, 3.05) is 10.2 Å². The van der Waals surface area contributed by atoms with Gasteiger partial charge in [0.1, 0.15) is 5.41 Å². The molecule has 37 heavy (non-hydrogen) atoms. The lowest BCUT2D eigenvalue weighted by Gasteiger charge is -2.37. The van der Waals surface area contributed by atoms with Gasteiger partial charge < -0.3 is 10.2 Å². The Labute approximate surface area is 212 Å². The van der Waals surface area contributed by atoms with Crippen LogP contribution in [-0.4, -0.2) is 34.5 Å². The van der Waals surface area contributed by atoms with Gasteiger partial charge in [0.2, 0.25) is 5.91 Å². The zero-order valence-corrected chi connectivity index (χ0v) is 20.2. The normalized spacial score (nSPS) is 24.9. The Morgan fingerprint density at radius 2 is 1.84 bits per heavy atom. The van der Waals surface area contributed by atoms with E-state index in [4.69, 9.17) is 0 Å². The number of amides is 1. The first kappa shape index (κ1) is 22.8. The summed E-state index contributed by atoms with van der Waals surface area (Å²) in [7, 11) is 0. The Hall–Kier alpha value is -4.59. The molecule has 4 atom stereocenters. The molecule has 3 heterocycles. The van der Waals surface area contributed by atoms with Crippen LogP contribution in [0.4, 0.5) is 17.1 Å². The number of anilines is 2. The van der Waals surface area contributed by atoms with Crippen LogP contribution in [0.5, 0.6) is 0 Å². The maximum Gasteiger partial charge on any atom is 0.270 e. The summed E-state index contributed by atoms with van der Waals surface area (Å²) in [6.07, 6.45) is 3.84. The van der Waals surface area contributed by atoms with Gasteiger partial charge in [-0.3, -0.25) is 24.5 Å². The number of nitro benzene ring substituents is 1. The zero-order chi connectivity index (χ0) is 26.1. The van der Waals surface area contributed by atoms with E-state index in [2.05, 4.69) is 5.32 Å². The summed E-state index contributed by atoms with van der Waals surface area (Å²) < 4.78 is 0. The number of carbonyl (C=O) groups excluding carboxylic acids is 3. The van der Waals surface area contributed by atoms with Crippen LogP contribution >= 0.6 is 0 Å². The molecule has 1 N–H and O–H groups in total. The SMILES string of the molecule is CC(=O)[C@@H]1[C@H](C(=O)c2cccc([N+](=O)[O-])c2)[C@@]2(C(=O)Nc3ccccc32)[C@H]2C=Cc3cc(C)ccc3N12. The summed E-state index contributed by atoms with van der Waals surface area (Å²) in [4.78, 5) is 54.6. The van der Waals surface area contributed by atoms with Crippen molar-refractivity contribution in [3.8, 4) is 0 Å². The highest BCUT2D eigenvalue weighted by atomic mass is 16.6. The first-order valence-electron chi connectivity index (χ1n) is 12.0. The Bertz CT molecular complexity index is 1560. The largest absolute Gasteiger partial charge is 0.352 e. The van der Waals surface area contributed by atoms with Crippen molar-refractivity contribution in [2.45, 2.75) is 31.3 Å². The first-order chi connectivity index (χ1) is 17.7. The van der Waals surface area contributed by atoms with Gasteiger partial charge in [-0.05, 0) is 43.2 Å². The molecule has 0 bridgehead atoms. The fraction of sp³-hybridized carbons (Fsp3) is 0.207. The Morgan fingerprint density at radius 1 is 1.05 bits per heavy atom. The highest BCUT2D eigenvalue weighted by Gasteiger charge is 2.69. The lowest BCUT2D eigenvalue weighted by atomic mass is 9.64. The molecular weight excluding hydrogens is 470 g/mol. The average Bonchev–Trinajstić information content (AvgIpc) is 3.36. The number of fused-ring (bicyclic) bond motifs is 6. The van der Waals surface area contributed by atoms with Gasteiger partial charge in [0.15, 0.2) is 11.6 Å². The van der Waals surface area contributed by atoms with E-state index in [-0.39, 0.29) is 22.9 Å². The molecule has 8 heteroatoms. The molecule has 1 fully saturated rings. The smallest absolute Gasteiger partial charge is 0.270 e. The molecule has 8 nitrogen and oxygen atoms in total. The van der Waals surface area contributed by atoms with E-state index >= 15 is 0 Å². The molecule has 1 amide bonds. The number of carbonyl (C=O) groups is 3. The second-order valence-electron chi connectivity index (χ2n) is 9.85.